The van der Waals surface area contributed by atoms with Crippen LogP contribution in [0.5, 0.6) is 0 Å². The van der Waals surface area contributed by atoms with Gasteiger partial charge in [-0.15, -0.1) is 11.3 Å². The van der Waals surface area contributed by atoms with E-state index >= 15 is 0 Å². The summed E-state index contributed by atoms with van der Waals surface area (Å²) in [7, 11) is 0. The van der Waals surface area contributed by atoms with Crippen LogP contribution in [0.15, 0.2) is 0 Å². The highest BCUT2D eigenvalue weighted by molar-refractivity contribution is 7.20. The topological polar surface area (TPSA) is 102 Å². The number of primary amides is 1. The first-order chi connectivity index (χ1) is 12.9. The number of anilines is 1. The fourth-order valence-electron chi connectivity index (χ4n) is 3.40. The first-order valence-electron chi connectivity index (χ1n) is 9.11. The predicted molar refractivity (Wildman–Crippen MR) is 105 cm³/mol. The quantitative estimate of drug-likeness (QED) is 0.770. The van der Waals surface area contributed by atoms with Crippen molar-refractivity contribution in [3.63, 3.8) is 0 Å². The van der Waals surface area contributed by atoms with Crippen molar-refractivity contribution >= 4 is 39.2 Å². The molecule has 3 rings (SSSR count). The first-order valence-corrected chi connectivity index (χ1v) is 9.92. The number of esters is 1. The van der Waals surface area contributed by atoms with Gasteiger partial charge < -0.3 is 15.4 Å². The lowest BCUT2D eigenvalue weighted by molar-refractivity contribution is -0.119. The second-order valence-electron chi connectivity index (χ2n) is 6.63. The zero-order chi connectivity index (χ0) is 19.6. The van der Waals surface area contributed by atoms with Crippen molar-refractivity contribution in [1.82, 2.24) is 14.9 Å². The number of amides is 1. The van der Waals surface area contributed by atoms with Crippen molar-refractivity contribution in [3.05, 3.63) is 16.3 Å². The number of hydrogen-bond donors (Lipinski definition) is 1. The highest BCUT2D eigenvalue weighted by atomic mass is 32.1. The van der Waals surface area contributed by atoms with Crippen molar-refractivity contribution < 1.29 is 14.3 Å². The third-order valence-electron chi connectivity index (χ3n) is 4.61. The Morgan fingerprint density at radius 3 is 2.67 bits per heavy atom. The average Bonchev–Trinajstić information content (AvgIpc) is 2.77. The number of thiophene rings is 1. The highest BCUT2D eigenvalue weighted by Crippen LogP contribution is 2.36. The van der Waals surface area contributed by atoms with E-state index in [0.29, 0.717) is 17.3 Å². The van der Waals surface area contributed by atoms with Gasteiger partial charge in [0.2, 0.25) is 5.91 Å². The zero-order valence-electron chi connectivity index (χ0n) is 15.9. The summed E-state index contributed by atoms with van der Waals surface area (Å²) in [4.78, 5) is 38.4. The third-order valence-corrected chi connectivity index (χ3v) is 5.78. The molecule has 0 spiro atoms. The molecular weight excluding hydrogens is 366 g/mol. The van der Waals surface area contributed by atoms with Gasteiger partial charge in [0.05, 0.1) is 18.5 Å². The van der Waals surface area contributed by atoms with Crippen LogP contribution in [0.1, 0.15) is 34.4 Å². The molecule has 3 heterocycles. The Balaban J connectivity index is 1.96. The van der Waals surface area contributed by atoms with Crippen LogP contribution in [0.2, 0.25) is 0 Å². The average molecular weight is 391 g/mol. The third kappa shape index (κ3) is 4.19. The number of carbonyl (C=O) groups excluding carboxylic acids is 2. The monoisotopic (exact) mass is 391 g/mol. The Morgan fingerprint density at radius 1 is 1.19 bits per heavy atom. The maximum atomic E-state index is 12.3. The lowest BCUT2D eigenvalue weighted by atomic mass is 10.2. The van der Waals surface area contributed by atoms with Gasteiger partial charge in [-0.25, -0.2) is 14.8 Å². The largest absolute Gasteiger partial charge is 0.462 e. The molecule has 146 valence electrons. The van der Waals surface area contributed by atoms with Gasteiger partial charge in [0.25, 0.3) is 0 Å². The molecule has 2 aromatic rings. The second-order valence-corrected chi connectivity index (χ2v) is 7.63. The smallest absolute Gasteiger partial charge is 0.348 e. The van der Waals surface area contributed by atoms with Crippen LogP contribution in [0.25, 0.3) is 10.2 Å². The number of fused-ring (bicyclic) bond motifs is 1. The lowest BCUT2D eigenvalue weighted by Crippen LogP contribution is -2.37. The fourth-order valence-corrected chi connectivity index (χ4v) is 4.52. The van der Waals surface area contributed by atoms with Crippen molar-refractivity contribution in [2.45, 2.75) is 27.2 Å². The predicted octanol–water partition coefficient (Wildman–Crippen LogP) is 1.48. The Kier molecular flexibility index (Phi) is 5.91. The van der Waals surface area contributed by atoms with E-state index in [1.54, 1.807) is 6.92 Å². The van der Waals surface area contributed by atoms with E-state index in [-0.39, 0.29) is 18.4 Å². The molecule has 8 nitrogen and oxygen atoms in total. The Labute approximate surface area is 162 Å². The van der Waals surface area contributed by atoms with Crippen LogP contribution < -0.4 is 10.6 Å². The molecule has 2 aromatic heterocycles. The summed E-state index contributed by atoms with van der Waals surface area (Å²) in [5, 5.41) is 0.914. The molecule has 27 heavy (non-hydrogen) atoms. The maximum absolute atomic E-state index is 12.3. The first kappa shape index (κ1) is 19.5. The molecule has 0 radical (unpaired) electrons. The van der Waals surface area contributed by atoms with E-state index in [1.807, 2.05) is 13.8 Å². The molecule has 1 amide bonds. The number of carbonyl (C=O) groups is 2. The molecule has 0 saturated carbocycles. The number of nitrogens with zero attached hydrogens (tertiary/aromatic N) is 4. The summed E-state index contributed by atoms with van der Waals surface area (Å²) in [5.41, 5.74) is 6.20. The second kappa shape index (κ2) is 8.18. The molecule has 0 unspecified atom stereocenters. The maximum Gasteiger partial charge on any atom is 0.348 e. The zero-order valence-corrected chi connectivity index (χ0v) is 16.8. The van der Waals surface area contributed by atoms with E-state index in [9.17, 15) is 9.59 Å². The Hall–Kier alpha value is -2.26. The minimum absolute atomic E-state index is 0.274. The van der Waals surface area contributed by atoms with Crippen molar-refractivity contribution in [2.24, 2.45) is 5.73 Å². The normalized spacial score (nSPS) is 15.7. The van der Waals surface area contributed by atoms with Gasteiger partial charge in [0, 0.05) is 26.2 Å². The SMILES string of the molecule is CCOC(=O)c1sc2nc(C)nc(N3CCCN(CC(N)=O)CC3)c2c1C. The van der Waals surface area contributed by atoms with Crippen molar-refractivity contribution in [1.29, 1.82) is 0 Å². The molecule has 1 aliphatic heterocycles. The van der Waals surface area contributed by atoms with Gasteiger partial charge >= 0.3 is 5.97 Å². The van der Waals surface area contributed by atoms with Crippen LogP contribution in [0.3, 0.4) is 0 Å². The molecule has 2 N–H and O–H groups in total. The van der Waals surface area contributed by atoms with E-state index < -0.39 is 0 Å². The van der Waals surface area contributed by atoms with E-state index in [2.05, 4.69) is 14.8 Å². The van der Waals surface area contributed by atoms with Crippen LogP contribution in [0.4, 0.5) is 5.82 Å². The van der Waals surface area contributed by atoms with Crippen LogP contribution in [-0.4, -0.2) is 66.1 Å². The minimum Gasteiger partial charge on any atom is -0.462 e. The molecule has 0 bridgehead atoms. The molecule has 1 fully saturated rings. The van der Waals surface area contributed by atoms with E-state index in [0.717, 1.165) is 54.2 Å². The van der Waals surface area contributed by atoms with Crippen molar-refractivity contribution in [2.75, 3.05) is 44.2 Å². The molecular formula is C18H25N5O3S. The summed E-state index contributed by atoms with van der Waals surface area (Å²) < 4.78 is 5.18. The molecule has 0 aliphatic carbocycles. The van der Waals surface area contributed by atoms with Gasteiger partial charge in [-0.3, -0.25) is 9.69 Å². The number of aryl methyl sites for hydroxylation is 2. The van der Waals surface area contributed by atoms with E-state index in [1.165, 1.54) is 11.3 Å². The summed E-state index contributed by atoms with van der Waals surface area (Å²) >= 11 is 1.35. The van der Waals surface area contributed by atoms with Gasteiger partial charge in [0.15, 0.2) is 0 Å². The van der Waals surface area contributed by atoms with Crippen LogP contribution >= 0.6 is 11.3 Å². The molecule has 0 aromatic carbocycles. The Bertz CT molecular complexity index is 866. The Morgan fingerprint density at radius 2 is 1.96 bits per heavy atom. The summed E-state index contributed by atoms with van der Waals surface area (Å²) in [6, 6.07) is 0. The number of nitrogens with two attached hydrogens (primary N) is 1. The number of aromatic nitrogens is 2. The van der Waals surface area contributed by atoms with E-state index in [4.69, 9.17) is 15.5 Å². The van der Waals surface area contributed by atoms with Gasteiger partial charge in [0.1, 0.15) is 21.3 Å². The van der Waals surface area contributed by atoms with Gasteiger partial charge in [-0.1, -0.05) is 0 Å². The molecule has 0 atom stereocenters. The number of ether oxygens (including phenoxy) is 1. The van der Waals surface area contributed by atoms with Crippen LogP contribution in [-0.2, 0) is 9.53 Å². The number of hydrogen-bond acceptors (Lipinski definition) is 8. The number of rotatable bonds is 5. The fraction of sp³-hybridized carbons (Fsp3) is 0.556. The summed E-state index contributed by atoms with van der Waals surface area (Å²) in [5.74, 6) is 0.900. The van der Waals surface area contributed by atoms with Gasteiger partial charge in [-0.2, -0.15) is 0 Å². The lowest BCUT2D eigenvalue weighted by Gasteiger charge is -2.23. The standard InChI is InChI=1S/C18H25N5O3S/c1-4-26-18(25)15-11(2)14-16(20-12(3)21-17(14)27-15)23-7-5-6-22(8-9-23)10-13(19)24/h4-10H2,1-3H3,(H2,19,24). The summed E-state index contributed by atoms with van der Waals surface area (Å²) in [6.45, 7) is 9.32. The molecule has 1 saturated heterocycles. The van der Waals surface area contributed by atoms with Crippen molar-refractivity contribution in [3.8, 4) is 0 Å². The van der Waals surface area contributed by atoms with Crippen LogP contribution in [0, 0.1) is 13.8 Å². The molecule has 9 heteroatoms. The molecule has 1 aliphatic rings. The highest BCUT2D eigenvalue weighted by Gasteiger charge is 2.25. The minimum atomic E-state index is -0.315. The summed E-state index contributed by atoms with van der Waals surface area (Å²) in [6.07, 6.45) is 0.908. The van der Waals surface area contributed by atoms with Gasteiger partial charge in [-0.05, 0) is 32.8 Å².